The summed E-state index contributed by atoms with van der Waals surface area (Å²) in [4.78, 5) is 30.6. The molecular weight excluding hydrogens is 371 g/mol. The van der Waals surface area contributed by atoms with E-state index in [0.717, 1.165) is 6.54 Å². The smallest absolute Gasteiger partial charge is 0.238 e. The van der Waals surface area contributed by atoms with Gasteiger partial charge in [0.1, 0.15) is 5.82 Å². The maximum absolute atomic E-state index is 12.9. The van der Waals surface area contributed by atoms with Crippen LogP contribution in [-0.4, -0.2) is 72.8 Å². The lowest BCUT2D eigenvalue weighted by molar-refractivity contribution is -0.134. The quantitative estimate of drug-likeness (QED) is 0.776. The highest BCUT2D eigenvalue weighted by molar-refractivity contribution is 5.92. The number of amides is 2. The first-order chi connectivity index (χ1) is 14.0. The Morgan fingerprint density at radius 3 is 2.31 bits per heavy atom. The van der Waals surface area contributed by atoms with Gasteiger partial charge < -0.3 is 10.2 Å². The van der Waals surface area contributed by atoms with Crippen LogP contribution in [0.2, 0.25) is 0 Å². The second kappa shape index (κ2) is 10.1. The number of nitrogens with one attached hydrogen (secondary N) is 1. The molecule has 1 aliphatic heterocycles. The van der Waals surface area contributed by atoms with Crippen molar-refractivity contribution >= 4 is 17.5 Å². The Morgan fingerprint density at radius 1 is 1.00 bits per heavy atom. The van der Waals surface area contributed by atoms with E-state index >= 15 is 0 Å². The number of halogens is 1. The number of carbonyl (C=O) groups is 2. The van der Waals surface area contributed by atoms with Crippen LogP contribution in [0.1, 0.15) is 5.56 Å². The molecule has 7 heteroatoms. The van der Waals surface area contributed by atoms with Crippen LogP contribution in [0.3, 0.4) is 0 Å². The molecule has 1 heterocycles. The van der Waals surface area contributed by atoms with Gasteiger partial charge in [-0.15, -0.1) is 0 Å². The number of hydrogen-bond donors (Lipinski definition) is 1. The first kappa shape index (κ1) is 21.0. The summed E-state index contributed by atoms with van der Waals surface area (Å²) >= 11 is 0. The van der Waals surface area contributed by atoms with Gasteiger partial charge in [-0.25, -0.2) is 4.39 Å². The second-order valence-corrected chi connectivity index (χ2v) is 7.37. The van der Waals surface area contributed by atoms with Crippen LogP contribution in [0.25, 0.3) is 0 Å². The minimum Gasteiger partial charge on any atom is -0.339 e. The molecule has 0 unspecified atom stereocenters. The van der Waals surface area contributed by atoms with Gasteiger partial charge in [-0.2, -0.15) is 0 Å². The van der Waals surface area contributed by atoms with E-state index in [1.165, 1.54) is 29.8 Å². The fourth-order valence-electron chi connectivity index (χ4n) is 3.37. The molecule has 2 amide bonds. The van der Waals surface area contributed by atoms with Crippen molar-refractivity contribution in [1.29, 1.82) is 0 Å². The van der Waals surface area contributed by atoms with Gasteiger partial charge in [-0.05, 0) is 36.9 Å². The molecule has 1 N–H and O–H groups in total. The minimum atomic E-state index is -0.335. The third-order valence-electron chi connectivity index (χ3n) is 4.92. The number of nitrogens with zero attached hydrogens (tertiary/aromatic N) is 3. The van der Waals surface area contributed by atoms with Gasteiger partial charge >= 0.3 is 0 Å². The maximum Gasteiger partial charge on any atom is 0.238 e. The lowest BCUT2D eigenvalue weighted by Crippen LogP contribution is -2.52. The van der Waals surface area contributed by atoms with E-state index in [2.05, 4.69) is 17.4 Å². The molecule has 0 aliphatic carbocycles. The molecule has 154 valence electrons. The third kappa shape index (κ3) is 6.66. The summed E-state index contributed by atoms with van der Waals surface area (Å²) in [5.74, 6) is -0.365. The Labute approximate surface area is 170 Å². The van der Waals surface area contributed by atoms with Gasteiger partial charge in [-0.1, -0.05) is 30.3 Å². The Kier molecular flexibility index (Phi) is 7.32. The first-order valence-corrected chi connectivity index (χ1v) is 9.77. The monoisotopic (exact) mass is 398 g/mol. The van der Waals surface area contributed by atoms with Crippen LogP contribution in [0.15, 0.2) is 54.6 Å². The van der Waals surface area contributed by atoms with Crippen molar-refractivity contribution in [1.82, 2.24) is 14.7 Å². The molecule has 0 radical (unpaired) electrons. The van der Waals surface area contributed by atoms with Crippen molar-refractivity contribution in [3.8, 4) is 0 Å². The van der Waals surface area contributed by atoms with Crippen molar-refractivity contribution in [3.63, 3.8) is 0 Å². The van der Waals surface area contributed by atoms with Crippen LogP contribution in [0.5, 0.6) is 0 Å². The van der Waals surface area contributed by atoms with Crippen molar-refractivity contribution in [2.24, 2.45) is 0 Å². The van der Waals surface area contributed by atoms with E-state index in [1.54, 1.807) is 0 Å². The van der Waals surface area contributed by atoms with Crippen molar-refractivity contribution in [2.45, 2.75) is 6.54 Å². The number of anilines is 1. The molecule has 2 aromatic rings. The van der Waals surface area contributed by atoms with E-state index in [-0.39, 0.29) is 24.2 Å². The highest BCUT2D eigenvalue weighted by Crippen LogP contribution is 2.09. The third-order valence-corrected chi connectivity index (χ3v) is 4.92. The van der Waals surface area contributed by atoms with Gasteiger partial charge in [0, 0.05) is 38.4 Å². The van der Waals surface area contributed by atoms with Crippen molar-refractivity contribution in [3.05, 3.63) is 66.0 Å². The Hall–Kier alpha value is -2.77. The summed E-state index contributed by atoms with van der Waals surface area (Å²) < 4.78 is 12.9. The lowest BCUT2D eigenvalue weighted by Gasteiger charge is -2.35. The van der Waals surface area contributed by atoms with Crippen molar-refractivity contribution in [2.75, 3.05) is 51.6 Å². The molecule has 29 heavy (non-hydrogen) atoms. The van der Waals surface area contributed by atoms with E-state index in [0.29, 0.717) is 38.4 Å². The van der Waals surface area contributed by atoms with Gasteiger partial charge in [-0.3, -0.25) is 19.4 Å². The number of benzene rings is 2. The molecule has 0 bridgehead atoms. The molecule has 0 aromatic heterocycles. The topological polar surface area (TPSA) is 55.9 Å². The zero-order chi connectivity index (χ0) is 20.6. The Bertz CT molecular complexity index is 805. The fourth-order valence-corrected chi connectivity index (χ4v) is 3.37. The van der Waals surface area contributed by atoms with Gasteiger partial charge in [0.05, 0.1) is 13.1 Å². The number of carbonyl (C=O) groups excluding carboxylic acids is 2. The standard InChI is InChI=1S/C22H27FN4O2/c1-25(15-18-5-3-2-4-6-18)17-22(29)27-13-11-26(12-14-27)16-21(28)24-20-9-7-19(23)8-10-20/h2-10H,11-17H2,1H3,(H,24,28). The molecule has 1 aliphatic rings. The molecule has 0 atom stereocenters. The second-order valence-electron chi connectivity index (χ2n) is 7.37. The summed E-state index contributed by atoms with van der Waals surface area (Å²) in [6, 6.07) is 15.8. The Morgan fingerprint density at radius 2 is 1.66 bits per heavy atom. The summed E-state index contributed by atoms with van der Waals surface area (Å²) in [7, 11) is 1.95. The van der Waals surface area contributed by atoms with Crippen LogP contribution in [-0.2, 0) is 16.1 Å². The zero-order valence-corrected chi connectivity index (χ0v) is 16.7. The summed E-state index contributed by atoms with van der Waals surface area (Å²) in [5.41, 5.74) is 1.76. The molecule has 1 fully saturated rings. The Balaban J connectivity index is 1.38. The number of piperazine rings is 1. The molecule has 2 aromatic carbocycles. The van der Waals surface area contributed by atoms with Gasteiger partial charge in [0.15, 0.2) is 0 Å². The molecule has 1 saturated heterocycles. The van der Waals surface area contributed by atoms with Crippen LogP contribution >= 0.6 is 0 Å². The highest BCUT2D eigenvalue weighted by atomic mass is 19.1. The van der Waals surface area contributed by atoms with Crippen molar-refractivity contribution < 1.29 is 14.0 Å². The number of rotatable bonds is 7. The fraction of sp³-hybridized carbons (Fsp3) is 0.364. The maximum atomic E-state index is 12.9. The summed E-state index contributed by atoms with van der Waals surface area (Å²) in [6.45, 7) is 3.91. The summed E-state index contributed by atoms with van der Waals surface area (Å²) in [5, 5.41) is 2.77. The summed E-state index contributed by atoms with van der Waals surface area (Å²) in [6.07, 6.45) is 0. The molecule has 0 saturated carbocycles. The first-order valence-electron chi connectivity index (χ1n) is 9.77. The van der Waals surface area contributed by atoms with E-state index in [4.69, 9.17) is 0 Å². The average Bonchev–Trinajstić information content (AvgIpc) is 2.71. The molecule has 3 rings (SSSR count). The number of hydrogen-bond acceptors (Lipinski definition) is 4. The van der Waals surface area contributed by atoms with E-state index in [9.17, 15) is 14.0 Å². The SMILES string of the molecule is CN(CC(=O)N1CCN(CC(=O)Nc2ccc(F)cc2)CC1)Cc1ccccc1. The minimum absolute atomic E-state index is 0.110. The van der Waals surface area contributed by atoms with Crippen LogP contribution < -0.4 is 5.32 Å². The highest BCUT2D eigenvalue weighted by Gasteiger charge is 2.23. The molecule has 6 nitrogen and oxygen atoms in total. The lowest BCUT2D eigenvalue weighted by atomic mass is 10.2. The van der Waals surface area contributed by atoms with Gasteiger partial charge in [0.25, 0.3) is 0 Å². The van der Waals surface area contributed by atoms with Crippen LogP contribution in [0, 0.1) is 5.82 Å². The predicted molar refractivity (Wildman–Crippen MR) is 111 cm³/mol. The van der Waals surface area contributed by atoms with Crippen LogP contribution in [0.4, 0.5) is 10.1 Å². The zero-order valence-electron chi connectivity index (χ0n) is 16.7. The van der Waals surface area contributed by atoms with E-state index < -0.39 is 0 Å². The molecular formula is C22H27FN4O2. The molecule has 0 spiro atoms. The normalized spacial score (nSPS) is 14.8. The largest absolute Gasteiger partial charge is 0.339 e. The average molecular weight is 398 g/mol. The number of likely N-dealkylation sites (N-methyl/N-ethyl adjacent to an activating group) is 1. The van der Waals surface area contributed by atoms with E-state index in [1.807, 2.05) is 39.9 Å². The predicted octanol–water partition coefficient (Wildman–Crippen LogP) is 2.04. The van der Waals surface area contributed by atoms with Gasteiger partial charge in [0.2, 0.25) is 11.8 Å².